The summed E-state index contributed by atoms with van der Waals surface area (Å²) < 4.78 is 16.2. The van der Waals surface area contributed by atoms with Gasteiger partial charge in [0.15, 0.2) is 0 Å². The van der Waals surface area contributed by atoms with E-state index in [1.165, 1.54) is 0 Å². The Balaban J connectivity index is 1.81. The number of rotatable bonds is 5. The molecule has 28 heavy (non-hydrogen) atoms. The molecule has 0 unspecified atom stereocenters. The first-order valence-electron chi connectivity index (χ1n) is 8.92. The molecule has 2 heterocycles. The lowest BCUT2D eigenvalue weighted by atomic mass is 9.88. The maximum Gasteiger partial charge on any atom is 0.225 e. The molecule has 0 saturated carbocycles. The number of anilines is 1. The Morgan fingerprint density at radius 2 is 1.68 bits per heavy atom. The third kappa shape index (κ3) is 3.20. The lowest BCUT2D eigenvalue weighted by Crippen LogP contribution is -2.22. The molecule has 1 aliphatic heterocycles. The predicted octanol–water partition coefficient (Wildman–Crippen LogP) is 4.92. The second-order valence-electron chi connectivity index (χ2n) is 6.53. The quantitative estimate of drug-likeness (QED) is 0.667. The van der Waals surface area contributed by atoms with Crippen LogP contribution in [0.1, 0.15) is 22.8 Å². The van der Waals surface area contributed by atoms with Crippen LogP contribution in [-0.4, -0.2) is 27.2 Å². The minimum atomic E-state index is -0.0780. The Kier molecular flexibility index (Phi) is 4.96. The van der Waals surface area contributed by atoms with Crippen molar-refractivity contribution in [3.63, 3.8) is 0 Å². The molecule has 0 radical (unpaired) electrons. The van der Waals surface area contributed by atoms with E-state index in [2.05, 4.69) is 10.7 Å². The fourth-order valence-corrected chi connectivity index (χ4v) is 4.72. The van der Waals surface area contributed by atoms with Crippen LogP contribution in [0.5, 0.6) is 17.2 Å². The first kappa shape index (κ1) is 18.4. The van der Waals surface area contributed by atoms with Crippen LogP contribution >= 0.6 is 11.3 Å². The number of benzene rings is 2. The number of amides is 1. The van der Waals surface area contributed by atoms with Crippen LogP contribution in [0, 0.1) is 0 Å². The minimum Gasteiger partial charge on any atom is -0.497 e. The van der Waals surface area contributed by atoms with Gasteiger partial charge in [0.05, 0.1) is 27.0 Å². The van der Waals surface area contributed by atoms with E-state index in [-0.39, 0.29) is 11.8 Å². The van der Waals surface area contributed by atoms with Crippen molar-refractivity contribution in [2.24, 2.45) is 0 Å². The Labute approximate surface area is 167 Å². The predicted molar refractivity (Wildman–Crippen MR) is 111 cm³/mol. The molecule has 0 aliphatic carbocycles. The highest BCUT2D eigenvalue weighted by Crippen LogP contribution is 2.48. The molecule has 5 nitrogen and oxygen atoms in total. The third-order valence-electron chi connectivity index (χ3n) is 5.00. The first-order valence-corrected chi connectivity index (χ1v) is 9.80. The Hall–Kier alpha value is -2.99. The summed E-state index contributed by atoms with van der Waals surface area (Å²) in [6, 6.07) is 13.6. The number of hydrogen-bond donors (Lipinski definition) is 1. The second-order valence-corrected chi connectivity index (χ2v) is 7.44. The summed E-state index contributed by atoms with van der Waals surface area (Å²) in [7, 11) is 4.93. The normalized spacial score (nSPS) is 15.5. The summed E-state index contributed by atoms with van der Waals surface area (Å²) in [6.45, 7) is 0. The minimum absolute atomic E-state index is 0.00413. The monoisotopic (exact) mass is 395 g/mol. The second kappa shape index (κ2) is 7.56. The molecular formula is C22H21NO4S. The summed E-state index contributed by atoms with van der Waals surface area (Å²) in [4.78, 5) is 13.7. The molecule has 4 rings (SSSR count). The molecule has 3 aromatic rings. The summed E-state index contributed by atoms with van der Waals surface area (Å²) in [5, 5.41) is 5.16. The standard InChI is InChI=1S/C22H21NO4S/c1-25-14-6-4-13(5-7-14)18-12-28-22-17(11-20(24)23-21(18)22)16-10-15(26-2)8-9-19(16)27-3/h4-10,12,17H,11H2,1-3H3,(H,23,24)/t17-/m0/s1. The van der Waals surface area contributed by atoms with E-state index in [1.54, 1.807) is 32.7 Å². The summed E-state index contributed by atoms with van der Waals surface area (Å²) in [5.41, 5.74) is 3.89. The molecule has 0 bridgehead atoms. The van der Waals surface area contributed by atoms with Crippen molar-refractivity contribution < 1.29 is 19.0 Å². The van der Waals surface area contributed by atoms with Gasteiger partial charge in [0.25, 0.3) is 0 Å². The molecule has 1 aromatic heterocycles. The zero-order valence-electron chi connectivity index (χ0n) is 15.9. The molecule has 0 saturated heterocycles. The Morgan fingerprint density at radius 1 is 0.964 bits per heavy atom. The first-order chi connectivity index (χ1) is 13.6. The smallest absolute Gasteiger partial charge is 0.225 e. The topological polar surface area (TPSA) is 56.8 Å². The highest BCUT2D eigenvalue weighted by Gasteiger charge is 2.32. The van der Waals surface area contributed by atoms with Gasteiger partial charge in [0, 0.05) is 33.7 Å². The fourth-order valence-electron chi connectivity index (χ4n) is 3.57. The van der Waals surface area contributed by atoms with E-state index in [1.807, 2.05) is 42.5 Å². The average molecular weight is 395 g/mol. The lowest BCUT2D eigenvalue weighted by molar-refractivity contribution is -0.116. The number of hydrogen-bond acceptors (Lipinski definition) is 5. The van der Waals surface area contributed by atoms with E-state index < -0.39 is 0 Å². The van der Waals surface area contributed by atoms with Gasteiger partial charge in [-0.2, -0.15) is 0 Å². The van der Waals surface area contributed by atoms with Crippen molar-refractivity contribution in [2.45, 2.75) is 12.3 Å². The SMILES string of the molecule is COc1ccc(-c2csc3c2NC(=O)C[C@H]3c2cc(OC)ccc2OC)cc1. The molecule has 6 heteroatoms. The zero-order chi connectivity index (χ0) is 19.7. The Bertz CT molecular complexity index is 1010. The fraction of sp³-hybridized carbons (Fsp3) is 0.227. The maximum atomic E-state index is 12.5. The van der Waals surface area contributed by atoms with Gasteiger partial charge in [-0.15, -0.1) is 11.3 Å². The van der Waals surface area contributed by atoms with Crippen molar-refractivity contribution in [1.29, 1.82) is 0 Å². The van der Waals surface area contributed by atoms with Gasteiger partial charge < -0.3 is 19.5 Å². The van der Waals surface area contributed by atoms with Gasteiger partial charge in [0.1, 0.15) is 17.2 Å². The highest BCUT2D eigenvalue weighted by atomic mass is 32.1. The van der Waals surface area contributed by atoms with Crippen LogP contribution in [0.2, 0.25) is 0 Å². The zero-order valence-corrected chi connectivity index (χ0v) is 16.8. The average Bonchev–Trinajstić information content (AvgIpc) is 3.16. The van der Waals surface area contributed by atoms with E-state index in [0.29, 0.717) is 6.42 Å². The van der Waals surface area contributed by atoms with Crippen molar-refractivity contribution >= 4 is 22.9 Å². The number of thiophene rings is 1. The van der Waals surface area contributed by atoms with Gasteiger partial charge in [-0.3, -0.25) is 4.79 Å². The molecule has 0 fully saturated rings. The van der Waals surface area contributed by atoms with E-state index in [9.17, 15) is 4.79 Å². The van der Waals surface area contributed by atoms with Gasteiger partial charge in [0.2, 0.25) is 5.91 Å². The van der Waals surface area contributed by atoms with Crippen LogP contribution in [0.15, 0.2) is 47.8 Å². The number of carbonyl (C=O) groups is 1. The van der Waals surface area contributed by atoms with Crippen LogP contribution in [0.25, 0.3) is 11.1 Å². The Morgan fingerprint density at radius 3 is 2.36 bits per heavy atom. The summed E-state index contributed by atoms with van der Waals surface area (Å²) in [6.07, 6.45) is 0.374. The number of carbonyl (C=O) groups excluding carboxylic acids is 1. The molecule has 144 valence electrons. The van der Waals surface area contributed by atoms with Crippen molar-refractivity contribution in [3.05, 3.63) is 58.3 Å². The number of nitrogens with one attached hydrogen (secondary N) is 1. The number of fused-ring (bicyclic) bond motifs is 1. The highest BCUT2D eigenvalue weighted by molar-refractivity contribution is 7.11. The van der Waals surface area contributed by atoms with Crippen LogP contribution in [0.3, 0.4) is 0 Å². The molecule has 1 atom stereocenters. The van der Waals surface area contributed by atoms with Crippen LogP contribution in [0.4, 0.5) is 5.69 Å². The molecule has 1 aliphatic rings. The molecule has 1 N–H and O–H groups in total. The summed E-state index contributed by atoms with van der Waals surface area (Å²) >= 11 is 1.65. The number of ether oxygens (including phenoxy) is 3. The van der Waals surface area contributed by atoms with Gasteiger partial charge >= 0.3 is 0 Å². The van der Waals surface area contributed by atoms with E-state index >= 15 is 0 Å². The molecule has 2 aromatic carbocycles. The van der Waals surface area contributed by atoms with Gasteiger partial charge in [-0.1, -0.05) is 12.1 Å². The van der Waals surface area contributed by atoms with Crippen LogP contribution in [-0.2, 0) is 4.79 Å². The number of methoxy groups -OCH3 is 3. The molecule has 0 spiro atoms. The van der Waals surface area contributed by atoms with Crippen molar-refractivity contribution in [3.8, 4) is 28.4 Å². The van der Waals surface area contributed by atoms with Crippen molar-refractivity contribution in [1.82, 2.24) is 0 Å². The van der Waals surface area contributed by atoms with E-state index in [0.717, 1.165) is 44.5 Å². The third-order valence-corrected chi connectivity index (χ3v) is 6.10. The summed E-state index contributed by atoms with van der Waals surface area (Å²) in [5.74, 6) is 2.22. The lowest BCUT2D eigenvalue weighted by Gasteiger charge is -2.25. The van der Waals surface area contributed by atoms with E-state index in [4.69, 9.17) is 14.2 Å². The maximum absolute atomic E-state index is 12.5. The molecular weight excluding hydrogens is 374 g/mol. The van der Waals surface area contributed by atoms with Crippen molar-refractivity contribution in [2.75, 3.05) is 26.6 Å². The van der Waals surface area contributed by atoms with Gasteiger partial charge in [-0.25, -0.2) is 0 Å². The van der Waals surface area contributed by atoms with Crippen LogP contribution < -0.4 is 19.5 Å². The van der Waals surface area contributed by atoms with Gasteiger partial charge in [-0.05, 0) is 35.9 Å². The molecule has 1 amide bonds. The largest absolute Gasteiger partial charge is 0.497 e.